The zero-order valence-corrected chi connectivity index (χ0v) is 14.3. The van der Waals surface area contributed by atoms with E-state index < -0.39 is 0 Å². The standard InChI is InChI=1S/C15H29N3OS/c1-6-9-18(12(3)4)15-17-13(7-2)14(20-15)11-16-8-10-19-5/h12,16H,6-11H2,1-5H3. The van der Waals surface area contributed by atoms with Crippen LogP contribution in [0.3, 0.4) is 0 Å². The first kappa shape index (κ1) is 17.4. The highest BCUT2D eigenvalue weighted by Gasteiger charge is 2.16. The third-order valence-electron chi connectivity index (χ3n) is 3.20. The molecule has 0 atom stereocenters. The average Bonchev–Trinajstić information content (AvgIpc) is 2.83. The number of ether oxygens (including phenoxy) is 1. The van der Waals surface area contributed by atoms with Crippen LogP contribution in [0.25, 0.3) is 0 Å². The van der Waals surface area contributed by atoms with Gasteiger partial charge in [-0.1, -0.05) is 13.8 Å². The molecule has 1 heterocycles. The summed E-state index contributed by atoms with van der Waals surface area (Å²) in [6.07, 6.45) is 2.15. The summed E-state index contributed by atoms with van der Waals surface area (Å²) in [4.78, 5) is 8.61. The van der Waals surface area contributed by atoms with Crippen molar-refractivity contribution in [3.05, 3.63) is 10.6 Å². The number of methoxy groups -OCH3 is 1. The van der Waals surface area contributed by atoms with Crippen LogP contribution in [0.15, 0.2) is 0 Å². The van der Waals surface area contributed by atoms with Gasteiger partial charge in [0.2, 0.25) is 0 Å². The highest BCUT2D eigenvalue weighted by Crippen LogP contribution is 2.28. The Morgan fingerprint density at radius 3 is 2.65 bits per heavy atom. The van der Waals surface area contributed by atoms with Gasteiger partial charge in [0.15, 0.2) is 5.13 Å². The molecule has 1 aromatic rings. The summed E-state index contributed by atoms with van der Waals surface area (Å²) < 4.78 is 5.06. The fourth-order valence-electron chi connectivity index (χ4n) is 2.10. The number of thiazole rings is 1. The Bertz CT molecular complexity index is 379. The number of hydrogen-bond donors (Lipinski definition) is 1. The Labute approximate surface area is 127 Å². The van der Waals surface area contributed by atoms with Crippen LogP contribution in [0.2, 0.25) is 0 Å². The Morgan fingerprint density at radius 2 is 2.10 bits per heavy atom. The molecule has 0 radical (unpaired) electrons. The van der Waals surface area contributed by atoms with Crippen LogP contribution in [0, 0.1) is 0 Å². The van der Waals surface area contributed by atoms with E-state index in [2.05, 4.69) is 37.9 Å². The minimum Gasteiger partial charge on any atom is -0.383 e. The zero-order valence-electron chi connectivity index (χ0n) is 13.5. The van der Waals surface area contributed by atoms with E-state index in [0.29, 0.717) is 6.04 Å². The predicted molar refractivity (Wildman–Crippen MR) is 87.8 cm³/mol. The predicted octanol–water partition coefficient (Wildman–Crippen LogP) is 3.07. The molecule has 1 N–H and O–H groups in total. The molecule has 0 unspecified atom stereocenters. The third kappa shape index (κ3) is 5.04. The van der Waals surface area contributed by atoms with Crippen LogP contribution in [0.1, 0.15) is 44.7 Å². The summed E-state index contributed by atoms with van der Waals surface area (Å²) in [5.41, 5.74) is 1.23. The van der Waals surface area contributed by atoms with Crippen molar-refractivity contribution in [2.45, 2.75) is 53.1 Å². The quantitative estimate of drug-likeness (QED) is 0.674. The van der Waals surface area contributed by atoms with Crippen LogP contribution >= 0.6 is 11.3 Å². The summed E-state index contributed by atoms with van der Waals surface area (Å²) in [5, 5.41) is 4.59. The zero-order chi connectivity index (χ0) is 15.0. The molecule has 0 aromatic carbocycles. The second kappa shape index (κ2) is 9.32. The smallest absolute Gasteiger partial charge is 0.186 e. The number of anilines is 1. The van der Waals surface area contributed by atoms with Crippen molar-refractivity contribution in [2.24, 2.45) is 0 Å². The number of nitrogens with zero attached hydrogens (tertiary/aromatic N) is 2. The van der Waals surface area contributed by atoms with E-state index >= 15 is 0 Å². The summed E-state index contributed by atoms with van der Waals surface area (Å²) in [7, 11) is 1.73. The van der Waals surface area contributed by atoms with Gasteiger partial charge in [-0.2, -0.15) is 0 Å². The molecule has 0 spiro atoms. The number of rotatable bonds is 10. The maximum absolute atomic E-state index is 5.06. The van der Waals surface area contributed by atoms with Crippen molar-refractivity contribution >= 4 is 16.5 Å². The van der Waals surface area contributed by atoms with Crippen LogP contribution in [0.4, 0.5) is 5.13 Å². The maximum Gasteiger partial charge on any atom is 0.186 e. The normalized spacial score (nSPS) is 11.3. The number of hydrogen-bond acceptors (Lipinski definition) is 5. The average molecular weight is 299 g/mol. The summed E-state index contributed by atoms with van der Waals surface area (Å²) in [6, 6.07) is 0.500. The molecule has 5 heteroatoms. The molecule has 0 aliphatic rings. The molecule has 0 aliphatic carbocycles. The minimum atomic E-state index is 0.500. The monoisotopic (exact) mass is 299 g/mol. The van der Waals surface area contributed by atoms with E-state index in [1.54, 1.807) is 7.11 Å². The van der Waals surface area contributed by atoms with Gasteiger partial charge in [-0.25, -0.2) is 4.98 Å². The van der Waals surface area contributed by atoms with E-state index in [-0.39, 0.29) is 0 Å². The molecule has 0 aliphatic heterocycles. The fourth-order valence-corrected chi connectivity index (χ4v) is 3.38. The van der Waals surface area contributed by atoms with Gasteiger partial charge in [0.25, 0.3) is 0 Å². The van der Waals surface area contributed by atoms with E-state index in [9.17, 15) is 0 Å². The topological polar surface area (TPSA) is 37.4 Å². The maximum atomic E-state index is 5.06. The van der Waals surface area contributed by atoms with Gasteiger partial charge in [0.1, 0.15) is 0 Å². The molecular formula is C15H29N3OS. The first-order valence-corrected chi connectivity index (χ1v) is 8.40. The van der Waals surface area contributed by atoms with E-state index in [0.717, 1.165) is 39.1 Å². The SMILES string of the molecule is CCCN(c1nc(CC)c(CNCCOC)s1)C(C)C. The van der Waals surface area contributed by atoms with Crippen molar-refractivity contribution in [1.29, 1.82) is 0 Å². The Morgan fingerprint density at radius 1 is 1.35 bits per heavy atom. The Balaban J connectivity index is 2.75. The molecule has 20 heavy (non-hydrogen) atoms. The molecule has 0 fully saturated rings. The number of aryl methyl sites for hydroxylation is 1. The molecule has 1 aromatic heterocycles. The van der Waals surface area contributed by atoms with Gasteiger partial charge in [-0.3, -0.25) is 0 Å². The van der Waals surface area contributed by atoms with Gasteiger partial charge >= 0.3 is 0 Å². The summed E-state index contributed by atoms with van der Waals surface area (Å²) >= 11 is 1.83. The molecular weight excluding hydrogens is 270 g/mol. The van der Waals surface area contributed by atoms with Crippen molar-refractivity contribution in [2.75, 3.05) is 31.7 Å². The fraction of sp³-hybridized carbons (Fsp3) is 0.800. The molecule has 116 valence electrons. The van der Waals surface area contributed by atoms with Gasteiger partial charge < -0.3 is 15.0 Å². The van der Waals surface area contributed by atoms with Crippen molar-refractivity contribution in [3.8, 4) is 0 Å². The van der Waals surface area contributed by atoms with Gasteiger partial charge in [0, 0.05) is 37.7 Å². The lowest BCUT2D eigenvalue weighted by Gasteiger charge is -2.25. The molecule has 0 saturated carbocycles. The Kier molecular flexibility index (Phi) is 8.11. The first-order chi connectivity index (χ1) is 9.63. The van der Waals surface area contributed by atoms with Crippen LogP contribution in [-0.2, 0) is 17.7 Å². The largest absolute Gasteiger partial charge is 0.383 e. The first-order valence-electron chi connectivity index (χ1n) is 7.58. The molecule has 0 bridgehead atoms. The summed E-state index contributed by atoms with van der Waals surface area (Å²) in [6.45, 7) is 12.5. The van der Waals surface area contributed by atoms with Gasteiger partial charge in [-0.15, -0.1) is 11.3 Å². The highest BCUT2D eigenvalue weighted by atomic mass is 32.1. The number of aromatic nitrogens is 1. The summed E-state index contributed by atoms with van der Waals surface area (Å²) in [5.74, 6) is 0. The lowest BCUT2D eigenvalue weighted by molar-refractivity contribution is 0.199. The van der Waals surface area contributed by atoms with Crippen molar-refractivity contribution in [1.82, 2.24) is 10.3 Å². The van der Waals surface area contributed by atoms with Crippen LogP contribution in [0.5, 0.6) is 0 Å². The molecule has 4 nitrogen and oxygen atoms in total. The van der Waals surface area contributed by atoms with E-state index in [4.69, 9.17) is 9.72 Å². The van der Waals surface area contributed by atoms with Crippen LogP contribution < -0.4 is 10.2 Å². The van der Waals surface area contributed by atoms with Gasteiger partial charge in [-0.05, 0) is 26.7 Å². The van der Waals surface area contributed by atoms with Crippen LogP contribution in [-0.4, -0.2) is 37.8 Å². The van der Waals surface area contributed by atoms with Crippen molar-refractivity contribution in [3.63, 3.8) is 0 Å². The highest BCUT2D eigenvalue weighted by molar-refractivity contribution is 7.15. The third-order valence-corrected chi connectivity index (χ3v) is 4.34. The van der Waals surface area contributed by atoms with Crippen molar-refractivity contribution < 1.29 is 4.74 Å². The molecule has 0 amide bonds. The number of nitrogens with one attached hydrogen (secondary N) is 1. The second-order valence-corrected chi connectivity index (χ2v) is 6.24. The lowest BCUT2D eigenvalue weighted by Crippen LogP contribution is -2.31. The minimum absolute atomic E-state index is 0.500. The van der Waals surface area contributed by atoms with Gasteiger partial charge in [0.05, 0.1) is 12.3 Å². The van der Waals surface area contributed by atoms with E-state index in [1.165, 1.54) is 15.7 Å². The molecule has 0 saturated heterocycles. The van der Waals surface area contributed by atoms with E-state index in [1.807, 2.05) is 11.3 Å². The second-order valence-electron chi connectivity index (χ2n) is 5.18. The Hall–Kier alpha value is -0.650. The molecule has 1 rings (SSSR count). The lowest BCUT2D eigenvalue weighted by atomic mass is 10.3.